The maximum absolute atomic E-state index is 12.8. The van der Waals surface area contributed by atoms with Crippen LogP contribution in [0.5, 0.6) is 0 Å². The molecule has 0 unspecified atom stereocenters. The Kier molecular flexibility index (Phi) is 7.44. The number of carbonyl (C=O) groups is 2. The van der Waals surface area contributed by atoms with E-state index < -0.39 is 17.9 Å². The molecule has 0 saturated heterocycles. The monoisotopic (exact) mass is 453 g/mol. The standard InChI is InChI=1S/C22H22Cl3NO3/c23-15-7-8-16(19(25)12-15)17-11-14(6-9-18(17)24)21(27)26-20(22(28)29)10-13-4-2-1-3-5-13/h6-9,11-13,20H,1-5,10H2,(H,26,27)(H,28,29)/t20-/m0/s1. The van der Waals surface area contributed by atoms with E-state index in [-0.39, 0.29) is 0 Å². The van der Waals surface area contributed by atoms with Crippen LogP contribution in [-0.4, -0.2) is 23.0 Å². The lowest BCUT2D eigenvalue weighted by Gasteiger charge is -2.25. The van der Waals surface area contributed by atoms with Gasteiger partial charge in [-0.1, -0.05) is 73.0 Å². The molecular weight excluding hydrogens is 433 g/mol. The smallest absolute Gasteiger partial charge is 0.326 e. The summed E-state index contributed by atoms with van der Waals surface area (Å²) in [6.45, 7) is 0. The van der Waals surface area contributed by atoms with Gasteiger partial charge < -0.3 is 10.4 Å². The molecule has 0 heterocycles. The van der Waals surface area contributed by atoms with Gasteiger partial charge in [-0.3, -0.25) is 4.79 Å². The number of halogens is 3. The number of aliphatic carboxylic acids is 1. The summed E-state index contributed by atoms with van der Waals surface area (Å²) in [6.07, 6.45) is 5.91. The van der Waals surface area contributed by atoms with Gasteiger partial charge in [-0.15, -0.1) is 0 Å². The fourth-order valence-electron chi connectivity index (χ4n) is 3.80. The molecule has 0 bridgehead atoms. The van der Waals surface area contributed by atoms with Crippen LogP contribution in [0.2, 0.25) is 15.1 Å². The minimum absolute atomic E-state index is 0.324. The van der Waals surface area contributed by atoms with Crippen molar-refractivity contribution in [1.82, 2.24) is 5.32 Å². The molecule has 0 aliphatic heterocycles. The fraction of sp³-hybridized carbons (Fsp3) is 0.364. The van der Waals surface area contributed by atoms with Gasteiger partial charge >= 0.3 is 5.97 Å². The summed E-state index contributed by atoms with van der Waals surface area (Å²) in [5.41, 5.74) is 1.55. The zero-order chi connectivity index (χ0) is 21.0. The molecule has 1 amide bonds. The normalized spacial score (nSPS) is 15.7. The lowest BCUT2D eigenvalue weighted by molar-refractivity contribution is -0.139. The number of carboxylic acids is 1. The number of amides is 1. The Hall–Kier alpha value is -1.75. The number of carbonyl (C=O) groups excluding carboxylic acids is 1. The van der Waals surface area contributed by atoms with E-state index in [1.165, 1.54) is 6.42 Å². The summed E-state index contributed by atoms with van der Waals surface area (Å²) in [5, 5.41) is 13.6. The summed E-state index contributed by atoms with van der Waals surface area (Å²) in [4.78, 5) is 24.5. The summed E-state index contributed by atoms with van der Waals surface area (Å²) >= 11 is 18.6. The van der Waals surface area contributed by atoms with Gasteiger partial charge in [0, 0.05) is 31.8 Å². The van der Waals surface area contributed by atoms with E-state index in [1.807, 2.05) is 0 Å². The van der Waals surface area contributed by atoms with E-state index in [0.29, 0.717) is 44.1 Å². The van der Waals surface area contributed by atoms with Crippen molar-refractivity contribution >= 4 is 46.7 Å². The molecule has 4 nitrogen and oxygen atoms in total. The molecule has 1 aliphatic rings. The molecule has 0 spiro atoms. The van der Waals surface area contributed by atoms with Gasteiger partial charge in [-0.25, -0.2) is 4.79 Å². The van der Waals surface area contributed by atoms with Crippen LogP contribution < -0.4 is 5.32 Å². The Morgan fingerprint density at radius 1 is 0.966 bits per heavy atom. The molecule has 2 aromatic rings. The number of carboxylic acid groups (broad SMARTS) is 1. The van der Waals surface area contributed by atoms with Crippen LogP contribution in [0.4, 0.5) is 0 Å². The molecule has 154 valence electrons. The third-order valence-electron chi connectivity index (χ3n) is 5.35. The summed E-state index contributed by atoms with van der Waals surface area (Å²) < 4.78 is 0. The van der Waals surface area contributed by atoms with Gasteiger partial charge in [0.1, 0.15) is 6.04 Å². The van der Waals surface area contributed by atoms with Gasteiger partial charge in [0.2, 0.25) is 0 Å². The maximum Gasteiger partial charge on any atom is 0.326 e. The Balaban J connectivity index is 1.80. The van der Waals surface area contributed by atoms with Gasteiger partial charge in [0.05, 0.1) is 0 Å². The van der Waals surface area contributed by atoms with Crippen molar-refractivity contribution in [3.63, 3.8) is 0 Å². The number of benzene rings is 2. The third-order valence-corrected chi connectivity index (χ3v) is 6.22. The van der Waals surface area contributed by atoms with E-state index in [2.05, 4.69) is 5.32 Å². The fourth-order valence-corrected chi connectivity index (χ4v) is 4.53. The molecule has 1 atom stereocenters. The van der Waals surface area contributed by atoms with Crippen LogP contribution in [0.1, 0.15) is 48.9 Å². The SMILES string of the molecule is O=C(N[C@@H](CC1CCCCC1)C(=O)O)c1ccc(Cl)c(-c2ccc(Cl)cc2Cl)c1. The lowest BCUT2D eigenvalue weighted by Crippen LogP contribution is -2.42. The first-order valence-corrected chi connectivity index (χ1v) is 10.8. The maximum atomic E-state index is 12.8. The summed E-state index contributed by atoms with van der Waals surface area (Å²) in [6, 6.07) is 8.91. The highest BCUT2D eigenvalue weighted by atomic mass is 35.5. The number of rotatable bonds is 6. The first kappa shape index (κ1) is 21.9. The summed E-state index contributed by atoms with van der Waals surface area (Å²) in [7, 11) is 0. The minimum Gasteiger partial charge on any atom is -0.480 e. The van der Waals surface area contributed by atoms with Crippen molar-refractivity contribution < 1.29 is 14.7 Å². The van der Waals surface area contributed by atoms with Crippen molar-refractivity contribution in [2.75, 3.05) is 0 Å². The Bertz CT molecular complexity index is 910. The highest BCUT2D eigenvalue weighted by Gasteiger charge is 2.26. The largest absolute Gasteiger partial charge is 0.480 e. The molecule has 1 saturated carbocycles. The van der Waals surface area contributed by atoms with Gasteiger partial charge in [0.15, 0.2) is 0 Å². The van der Waals surface area contributed by atoms with Crippen molar-refractivity contribution in [1.29, 1.82) is 0 Å². The second kappa shape index (κ2) is 9.84. The molecule has 1 fully saturated rings. The van der Waals surface area contributed by atoms with E-state index >= 15 is 0 Å². The average Bonchev–Trinajstić information content (AvgIpc) is 2.69. The molecular formula is C22H22Cl3NO3. The van der Waals surface area contributed by atoms with E-state index in [9.17, 15) is 14.7 Å². The quantitative estimate of drug-likeness (QED) is 0.526. The van der Waals surface area contributed by atoms with Crippen LogP contribution >= 0.6 is 34.8 Å². The zero-order valence-electron chi connectivity index (χ0n) is 15.8. The highest BCUT2D eigenvalue weighted by Crippen LogP contribution is 2.35. The van der Waals surface area contributed by atoms with E-state index in [0.717, 1.165) is 25.7 Å². The first-order valence-electron chi connectivity index (χ1n) is 9.64. The predicted octanol–water partition coefficient (Wildman–Crippen LogP) is 6.47. The highest BCUT2D eigenvalue weighted by molar-refractivity contribution is 6.38. The lowest BCUT2D eigenvalue weighted by atomic mass is 9.85. The molecule has 3 rings (SSSR count). The van der Waals surface area contributed by atoms with Crippen LogP contribution in [0.3, 0.4) is 0 Å². The van der Waals surface area contributed by atoms with Gasteiger partial charge in [-0.05, 0) is 42.7 Å². The summed E-state index contributed by atoms with van der Waals surface area (Å²) in [5.74, 6) is -1.13. The number of hydrogen-bond donors (Lipinski definition) is 2. The van der Waals surface area contributed by atoms with Gasteiger partial charge in [-0.2, -0.15) is 0 Å². The van der Waals surface area contributed by atoms with Crippen LogP contribution in [0.25, 0.3) is 11.1 Å². The minimum atomic E-state index is -1.01. The van der Waals surface area contributed by atoms with Crippen molar-refractivity contribution in [3.8, 4) is 11.1 Å². The molecule has 1 aliphatic carbocycles. The molecule has 29 heavy (non-hydrogen) atoms. The number of hydrogen-bond acceptors (Lipinski definition) is 2. The number of nitrogens with one attached hydrogen (secondary N) is 1. The molecule has 2 aromatic carbocycles. The van der Waals surface area contributed by atoms with E-state index in [1.54, 1.807) is 36.4 Å². The molecule has 7 heteroatoms. The van der Waals surface area contributed by atoms with Crippen LogP contribution in [0.15, 0.2) is 36.4 Å². The third kappa shape index (κ3) is 5.65. The zero-order valence-corrected chi connectivity index (χ0v) is 18.0. The Labute approximate surface area is 185 Å². The van der Waals surface area contributed by atoms with Crippen molar-refractivity contribution in [2.45, 2.75) is 44.6 Å². The average molecular weight is 455 g/mol. The van der Waals surface area contributed by atoms with Crippen molar-refractivity contribution in [3.05, 3.63) is 57.0 Å². The topological polar surface area (TPSA) is 66.4 Å². The van der Waals surface area contributed by atoms with Crippen LogP contribution in [-0.2, 0) is 4.79 Å². The molecule has 2 N–H and O–H groups in total. The molecule has 0 aromatic heterocycles. The predicted molar refractivity (Wildman–Crippen MR) is 117 cm³/mol. The second-order valence-electron chi connectivity index (χ2n) is 7.42. The Morgan fingerprint density at radius 3 is 2.34 bits per heavy atom. The van der Waals surface area contributed by atoms with Crippen molar-refractivity contribution in [2.24, 2.45) is 5.92 Å². The van der Waals surface area contributed by atoms with E-state index in [4.69, 9.17) is 34.8 Å². The molecule has 0 radical (unpaired) electrons. The second-order valence-corrected chi connectivity index (χ2v) is 8.67. The Morgan fingerprint density at radius 2 is 1.69 bits per heavy atom. The van der Waals surface area contributed by atoms with Crippen LogP contribution in [0, 0.1) is 5.92 Å². The first-order chi connectivity index (χ1) is 13.8. The van der Waals surface area contributed by atoms with Gasteiger partial charge in [0.25, 0.3) is 5.91 Å².